The molecule has 152 valence electrons. The topological polar surface area (TPSA) is 119 Å². The third-order valence-corrected chi connectivity index (χ3v) is 4.62. The van der Waals surface area contributed by atoms with E-state index in [1.807, 2.05) is 4.90 Å². The zero-order chi connectivity index (χ0) is 21.0. The summed E-state index contributed by atoms with van der Waals surface area (Å²) < 4.78 is 18.9. The van der Waals surface area contributed by atoms with E-state index in [-0.39, 0.29) is 22.8 Å². The maximum Gasteiger partial charge on any atom is 0.341 e. The largest absolute Gasteiger partial charge is 0.452 e. The summed E-state index contributed by atoms with van der Waals surface area (Å²) in [7, 11) is 0. The van der Waals surface area contributed by atoms with Gasteiger partial charge in [0.15, 0.2) is 6.61 Å². The Bertz CT molecular complexity index is 944. The molecule has 9 nitrogen and oxygen atoms in total. The molecule has 3 rings (SSSR count). The summed E-state index contributed by atoms with van der Waals surface area (Å²) in [4.78, 5) is 38.0. The Kier molecular flexibility index (Phi) is 5.91. The zero-order valence-corrected chi connectivity index (χ0v) is 15.4. The molecule has 1 heterocycles. The number of halogens is 1. The van der Waals surface area contributed by atoms with E-state index in [1.165, 1.54) is 23.1 Å². The maximum atomic E-state index is 13.9. The molecule has 0 saturated carbocycles. The minimum atomic E-state index is -0.912. The number of rotatable bonds is 5. The van der Waals surface area contributed by atoms with Gasteiger partial charge in [-0.3, -0.25) is 14.9 Å². The summed E-state index contributed by atoms with van der Waals surface area (Å²) in [6.45, 7) is 1.07. The molecule has 0 radical (unpaired) electrons. The number of piperazine rings is 1. The summed E-state index contributed by atoms with van der Waals surface area (Å²) in [5, 5.41) is 10.8. The van der Waals surface area contributed by atoms with Gasteiger partial charge < -0.3 is 20.3 Å². The number of ether oxygens (including phenoxy) is 1. The van der Waals surface area contributed by atoms with Crippen LogP contribution in [0.2, 0.25) is 0 Å². The van der Waals surface area contributed by atoms with Crippen molar-refractivity contribution in [1.82, 2.24) is 4.90 Å². The van der Waals surface area contributed by atoms with Crippen LogP contribution in [0.5, 0.6) is 0 Å². The minimum absolute atomic E-state index is 0.0200. The van der Waals surface area contributed by atoms with Crippen LogP contribution in [0.15, 0.2) is 42.5 Å². The van der Waals surface area contributed by atoms with E-state index in [4.69, 9.17) is 10.5 Å². The monoisotopic (exact) mass is 402 g/mol. The highest BCUT2D eigenvalue weighted by atomic mass is 19.1. The van der Waals surface area contributed by atoms with Gasteiger partial charge in [0.1, 0.15) is 5.82 Å². The molecular formula is C19H19FN4O5. The van der Waals surface area contributed by atoms with Crippen molar-refractivity contribution in [3.8, 4) is 0 Å². The van der Waals surface area contributed by atoms with Crippen LogP contribution in [0.1, 0.15) is 10.4 Å². The Balaban J connectivity index is 1.54. The van der Waals surface area contributed by atoms with Crippen molar-refractivity contribution in [2.45, 2.75) is 0 Å². The number of hydrogen-bond acceptors (Lipinski definition) is 7. The molecule has 1 aliphatic heterocycles. The van der Waals surface area contributed by atoms with Gasteiger partial charge in [-0.25, -0.2) is 9.18 Å². The lowest BCUT2D eigenvalue weighted by molar-refractivity contribution is -0.384. The SMILES string of the molecule is Nc1ccc([N+](=O)[O-])cc1C(=O)OCC(=O)N1CCN(c2ccccc2F)CC1. The Morgan fingerprint density at radius 2 is 1.83 bits per heavy atom. The number of nitrogen functional groups attached to an aromatic ring is 1. The fourth-order valence-corrected chi connectivity index (χ4v) is 3.04. The van der Waals surface area contributed by atoms with Gasteiger partial charge in [-0.15, -0.1) is 0 Å². The second-order valence-electron chi connectivity index (χ2n) is 6.42. The number of nitrogens with zero attached hydrogens (tertiary/aromatic N) is 3. The molecule has 2 N–H and O–H groups in total. The molecule has 1 fully saturated rings. The summed E-state index contributed by atoms with van der Waals surface area (Å²) in [5.41, 5.74) is 5.69. The highest BCUT2D eigenvalue weighted by Crippen LogP contribution is 2.21. The number of anilines is 2. The van der Waals surface area contributed by atoms with Crippen LogP contribution in [-0.2, 0) is 9.53 Å². The van der Waals surface area contributed by atoms with E-state index >= 15 is 0 Å². The Hall–Kier alpha value is -3.69. The molecular weight excluding hydrogens is 383 g/mol. The van der Waals surface area contributed by atoms with E-state index in [2.05, 4.69) is 0 Å². The quantitative estimate of drug-likeness (QED) is 0.351. The number of benzene rings is 2. The van der Waals surface area contributed by atoms with Gasteiger partial charge in [-0.2, -0.15) is 0 Å². The third kappa shape index (κ3) is 4.60. The number of nitro benzene ring substituents is 1. The second-order valence-corrected chi connectivity index (χ2v) is 6.42. The fourth-order valence-electron chi connectivity index (χ4n) is 3.04. The van der Waals surface area contributed by atoms with Gasteiger partial charge in [0, 0.05) is 44.0 Å². The molecule has 2 aromatic rings. The van der Waals surface area contributed by atoms with Crippen LogP contribution < -0.4 is 10.6 Å². The number of esters is 1. The number of non-ortho nitro benzene ring substituents is 1. The van der Waals surface area contributed by atoms with Crippen LogP contribution in [0.25, 0.3) is 0 Å². The minimum Gasteiger partial charge on any atom is -0.452 e. The van der Waals surface area contributed by atoms with Crippen molar-refractivity contribution in [3.63, 3.8) is 0 Å². The van der Waals surface area contributed by atoms with E-state index in [0.717, 1.165) is 6.07 Å². The number of hydrogen-bond donors (Lipinski definition) is 1. The summed E-state index contributed by atoms with van der Waals surface area (Å²) in [6, 6.07) is 9.83. The second kappa shape index (κ2) is 8.55. The van der Waals surface area contributed by atoms with Gasteiger partial charge in [-0.1, -0.05) is 12.1 Å². The van der Waals surface area contributed by atoms with E-state index < -0.39 is 23.4 Å². The van der Waals surface area contributed by atoms with Crippen LogP contribution in [0, 0.1) is 15.9 Å². The number of nitrogens with two attached hydrogens (primary N) is 1. The number of para-hydroxylation sites is 1. The highest BCUT2D eigenvalue weighted by molar-refractivity contribution is 5.97. The molecule has 1 saturated heterocycles. The summed E-state index contributed by atoms with van der Waals surface area (Å²) >= 11 is 0. The van der Waals surface area contributed by atoms with Crippen molar-refractivity contribution in [2.24, 2.45) is 0 Å². The predicted molar refractivity (Wildman–Crippen MR) is 103 cm³/mol. The van der Waals surface area contributed by atoms with Crippen molar-refractivity contribution >= 4 is 28.9 Å². The highest BCUT2D eigenvalue weighted by Gasteiger charge is 2.24. The van der Waals surface area contributed by atoms with Crippen LogP contribution in [-0.4, -0.2) is 54.5 Å². The normalized spacial score (nSPS) is 13.8. The molecule has 1 amide bonds. The van der Waals surface area contributed by atoms with E-state index in [9.17, 15) is 24.1 Å². The number of carbonyl (C=O) groups is 2. The van der Waals surface area contributed by atoms with Crippen molar-refractivity contribution < 1.29 is 23.6 Å². The maximum absolute atomic E-state index is 13.9. The van der Waals surface area contributed by atoms with Gasteiger partial charge in [0.05, 0.1) is 16.2 Å². The zero-order valence-electron chi connectivity index (χ0n) is 15.4. The fraction of sp³-hybridized carbons (Fsp3) is 0.263. The molecule has 0 aliphatic carbocycles. The first-order chi connectivity index (χ1) is 13.9. The Morgan fingerprint density at radius 1 is 1.14 bits per heavy atom. The Labute approximate surface area is 165 Å². The molecule has 0 bridgehead atoms. The van der Waals surface area contributed by atoms with E-state index in [1.54, 1.807) is 18.2 Å². The first-order valence-electron chi connectivity index (χ1n) is 8.85. The van der Waals surface area contributed by atoms with Crippen LogP contribution in [0.3, 0.4) is 0 Å². The third-order valence-electron chi connectivity index (χ3n) is 4.62. The van der Waals surface area contributed by atoms with Crippen LogP contribution in [0.4, 0.5) is 21.5 Å². The van der Waals surface area contributed by atoms with Crippen molar-refractivity contribution in [2.75, 3.05) is 43.4 Å². The average Bonchev–Trinajstić information content (AvgIpc) is 2.72. The number of carbonyl (C=O) groups excluding carboxylic acids is 2. The van der Waals surface area contributed by atoms with Gasteiger partial charge in [0.2, 0.25) is 0 Å². The summed E-state index contributed by atoms with van der Waals surface area (Å²) in [5.74, 6) is -1.64. The first-order valence-corrected chi connectivity index (χ1v) is 8.85. The lowest BCUT2D eigenvalue weighted by Crippen LogP contribution is -2.50. The molecule has 0 aromatic heterocycles. The van der Waals surface area contributed by atoms with Crippen LogP contribution >= 0.6 is 0 Å². The molecule has 29 heavy (non-hydrogen) atoms. The van der Waals surface area contributed by atoms with E-state index in [0.29, 0.717) is 31.9 Å². The van der Waals surface area contributed by atoms with Gasteiger partial charge in [-0.05, 0) is 18.2 Å². The molecule has 0 spiro atoms. The number of nitro groups is 1. The predicted octanol–water partition coefficient (Wildman–Crippen LogP) is 1.82. The standard InChI is InChI=1S/C19H19FN4O5/c20-15-3-1-2-4-17(15)22-7-9-23(10-8-22)18(25)12-29-19(26)14-11-13(24(27)28)5-6-16(14)21/h1-6,11H,7-10,12,21H2. The molecule has 10 heteroatoms. The lowest BCUT2D eigenvalue weighted by Gasteiger charge is -2.36. The van der Waals surface area contributed by atoms with Gasteiger partial charge >= 0.3 is 5.97 Å². The first kappa shape index (κ1) is 20.1. The molecule has 0 unspecified atom stereocenters. The number of amides is 1. The molecule has 1 aliphatic rings. The lowest BCUT2D eigenvalue weighted by atomic mass is 10.1. The molecule has 0 atom stereocenters. The summed E-state index contributed by atoms with van der Waals surface area (Å²) in [6.07, 6.45) is 0. The Morgan fingerprint density at radius 3 is 2.48 bits per heavy atom. The smallest absolute Gasteiger partial charge is 0.341 e. The molecule has 2 aromatic carbocycles. The average molecular weight is 402 g/mol. The van der Waals surface area contributed by atoms with Gasteiger partial charge in [0.25, 0.3) is 11.6 Å². The van der Waals surface area contributed by atoms with Crippen molar-refractivity contribution in [3.05, 3.63) is 64.0 Å². The van der Waals surface area contributed by atoms with Crippen molar-refractivity contribution in [1.29, 1.82) is 0 Å².